The molecule has 4 nitrogen and oxygen atoms in total. The van der Waals surface area contributed by atoms with E-state index in [9.17, 15) is 13.2 Å². The largest absolute Gasteiger partial charge is 0.279 e. The van der Waals surface area contributed by atoms with Gasteiger partial charge in [0.2, 0.25) is 5.24 Å². The van der Waals surface area contributed by atoms with E-state index in [1.165, 1.54) is 25.1 Å². The molecule has 0 aliphatic carbocycles. The third-order valence-corrected chi connectivity index (χ3v) is 6.91. The Bertz CT molecular complexity index is 951. The van der Waals surface area contributed by atoms with E-state index in [4.69, 9.17) is 34.8 Å². The second-order valence-corrected chi connectivity index (χ2v) is 9.11. The van der Waals surface area contributed by atoms with Gasteiger partial charge in [0.05, 0.1) is 20.6 Å². The molecule has 0 aromatic heterocycles. The Hall–Kier alpha value is -1.27. The molecular weight excluding hydrogens is 417 g/mol. The molecule has 0 spiro atoms. The fourth-order valence-electron chi connectivity index (χ4n) is 2.89. The summed E-state index contributed by atoms with van der Waals surface area (Å²) in [5.74, 6) is 0. The van der Waals surface area contributed by atoms with Crippen molar-refractivity contribution in [1.29, 1.82) is 0 Å². The summed E-state index contributed by atoms with van der Waals surface area (Å²) in [6, 6.07) is 6.61. The van der Waals surface area contributed by atoms with Crippen LogP contribution in [0.25, 0.3) is 0 Å². The molecule has 140 valence electrons. The van der Waals surface area contributed by atoms with E-state index in [1.807, 2.05) is 19.1 Å². The molecule has 8 heteroatoms. The minimum Gasteiger partial charge on any atom is -0.279 e. The summed E-state index contributed by atoms with van der Waals surface area (Å²) in [5.41, 5.74) is 2.84. The average molecular weight is 435 g/mol. The molecular formula is C18H18Cl3NO3S. The molecule has 0 saturated heterocycles. The Balaban J connectivity index is 2.77. The standard InChI is InChI=1S/C18H18Cl3NO3S/c1-10-7-11(2)17(12(3)8-10)22(13(4)18(21)23)26(24,25)14-5-6-15(19)16(20)9-14/h5-9,13H,1-4H3. The van der Waals surface area contributed by atoms with Crippen molar-refractivity contribution >= 4 is 55.8 Å². The number of benzene rings is 2. The lowest BCUT2D eigenvalue weighted by Gasteiger charge is -2.31. The van der Waals surface area contributed by atoms with Crippen molar-refractivity contribution in [1.82, 2.24) is 0 Å². The molecule has 0 fully saturated rings. The molecule has 2 aromatic carbocycles. The normalized spacial score (nSPS) is 12.7. The predicted molar refractivity (Wildman–Crippen MR) is 107 cm³/mol. The lowest BCUT2D eigenvalue weighted by molar-refractivity contribution is -0.112. The lowest BCUT2D eigenvalue weighted by atomic mass is 10.0. The molecule has 2 rings (SSSR count). The molecule has 0 heterocycles. The second kappa shape index (κ2) is 7.77. The van der Waals surface area contributed by atoms with Gasteiger partial charge in [0, 0.05) is 0 Å². The highest BCUT2D eigenvalue weighted by Crippen LogP contribution is 2.35. The van der Waals surface area contributed by atoms with Gasteiger partial charge in [0.25, 0.3) is 10.0 Å². The first-order chi connectivity index (χ1) is 12.0. The van der Waals surface area contributed by atoms with Crippen LogP contribution in [0.15, 0.2) is 35.2 Å². The molecule has 0 bridgehead atoms. The van der Waals surface area contributed by atoms with Crippen molar-refractivity contribution in [2.24, 2.45) is 0 Å². The zero-order chi connectivity index (χ0) is 19.8. The van der Waals surface area contributed by atoms with E-state index in [1.54, 1.807) is 13.8 Å². The maximum Gasteiger partial charge on any atom is 0.265 e. The van der Waals surface area contributed by atoms with Crippen molar-refractivity contribution < 1.29 is 13.2 Å². The first kappa shape index (κ1) is 21.0. The molecule has 1 atom stereocenters. The monoisotopic (exact) mass is 433 g/mol. The number of hydrogen-bond donors (Lipinski definition) is 0. The zero-order valence-corrected chi connectivity index (χ0v) is 17.8. The first-order valence-corrected chi connectivity index (χ1v) is 10.3. The highest BCUT2D eigenvalue weighted by Gasteiger charge is 2.34. The second-order valence-electron chi connectivity index (χ2n) is 6.10. The zero-order valence-electron chi connectivity index (χ0n) is 14.7. The number of carbonyl (C=O) groups excluding carboxylic acids is 1. The van der Waals surface area contributed by atoms with Crippen LogP contribution in [0.3, 0.4) is 0 Å². The van der Waals surface area contributed by atoms with Gasteiger partial charge < -0.3 is 0 Å². The molecule has 0 aliphatic rings. The summed E-state index contributed by atoms with van der Waals surface area (Å²) in [7, 11) is -4.11. The summed E-state index contributed by atoms with van der Waals surface area (Å²) in [4.78, 5) is 11.8. The minimum absolute atomic E-state index is 0.0731. The van der Waals surface area contributed by atoms with Gasteiger partial charge in [-0.25, -0.2) is 8.42 Å². The van der Waals surface area contributed by atoms with Crippen molar-refractivity contribution in [3.63, 3.8) is 0 Å². The Labute approximate surface area is 168 Å². The van der Waals surface area contributed by atoms with Crippen LogP contribution in [-0.2, 0) is 14.8 Å². The Morgan fingerprint density at radius 2 is 1.54 bits per heavy atom. The van der Waals surface area contributed by atoms with Gasteiger partial charge in [0.1, 0.15) is 6.04 Å². The van der Waals surface area contributed by atoms with Gasteiger partial charge in [0.15, 0.2) is 0 Å². The Morgan fingerprint density at radius 1 is 1.00 bits per heavy atom. The van der Waals surface area contributed by atoms with Crippen LogP contribution in [-0.4, -0.2) is 19.7 Å². The number of hydrogen-bond acceptors (Lipinski definition) is 3. The maximum absolute atomic E-state index is 13.3. The van der Waals surface area contributed by atoms with Gasteiger partial charge in [-0.1, -0.05) is 40.9 Å². The number of rotatable bonds is 5. The topological polar surface area (TPSA) is 54.5 Å². The van der Waals surface area contributed by atoms with E-state index in [0.29, 0.717) is 5.69 Å². The SMILES string of the molecule is Cc1cc(C)c(N(C(C)C(=O)Cl)S(=O)(=O)c2ccc(Cl)c(Cl)c2)c(C)c1. The summed E-state index contributed by atoms with van der Waals surface area (Å²) >= 11 is 17.5. The van der Waals surface area contributed by atoms with Crippen LogP contribution < -0.4 is 4.31 Å². The fourth-order valence-corrected chi connectivity index (χ4v) is 5.18. The Morgan fingerprint density at radius 3 is 2.00 bits per heavy atom. The van der Waals surface area contributed by atoms with E-state index in [-0.39, 0.29) is 14.9 Å². The quantitative estimate of drug-likeness (QED) is 0.602. The smallest absolute Gasteiger partial charge is 0.265 e. The molecule has 26 heavy (non-hydrogen) atoms. The predicted octanol–water partition coefficient (Wildman–Crippen LogP) is 5.27. The molecule has 0 N–H and O–H groups in total. The van der Waals surface area contributed by atoms with Crippen LogP contribution in [0.1, 0.15) is 23.6 Å². The van der Waals surface area contributed by atoms with E-state index >= 15 is 0 Å². The van der Waals surface area contributed by atoms with Gasteiger partial charge in [-0.2, -0.15) is 0 Å². The fraction of sp³-hybridized carbons (Fsp3) is 0.278. The van der Waals surface area contributed by atoms with E-state index < -0.39 is 21.3 Å². The van der Waals surface area contributed by atoms with Crippen LogP contribution >= 0.6 is 34.8 Å². The highest BCUT2D eigenvalue weighted by molar-refractivity contribution is 7.93. The number of aryl methyl sites for hydroxylation is 3. The molecule has 2 aromatic rings. The minimum atomic E-state index is -4.11. The average Bonchev–Trinajstić information content (AvgIpc) is 2.52. The Kier molecular flexibility index (Phi) is 6.28. The van der Waals surface area contributed by atoms with Gasteiger partial charge >= 0.3 is 0 Å². The van der Waals surface area contributed by atoms with E-state index in [2.05, 4.69) is 0 Å². The molecule has 0 saturated carbocycles. The number of sulfonamides is 1. The summed E-state index contributed by atoms with van der Waals surface area (Å²) in [6.45, 7) is 6.94. The third-order valence-electron chi connectivity index (χ3n) is 3.98. The van der Waals surface area contributed by atoms with Gasteiger partial charge in [-0.05, 0) is 68.6 Å². The van der Waals surface area contributed by atoms with Gasteiger partial charge in [-0.3, -0.25) is 9.10 Å². The molecule has 1 unspecified atom stereocenters. The van der Waals surface area contributed by atoms with Crippen LogP contribution in [0.5, 0.6) is 0 Å². The highest BCUT2D eigenvalue weighted by atomic mass is 35.5. The van der Waals surface area contributed by atoms with Crippen molar-refractivity contribution in [3.05, 3.63) is 57.1 Å². The van der Waals surface area contributed by atoms with Crippen molar-refractivity contribution in [3.8, 4) is 0 Å². The van der Waals surface area contributed by atoms with Crippen molar-refractivity contribution in [2.45, 2.75) is 38.6 Å². The summed E-state index contributed by atoms with van der Waals surface area (Å²) < 4.78 is 27.7. The number of carbonyl (C=O) groups is 1. The lowest BCUT2D eigenvalue weighted by Crippen LogP contribution is -2.42. The van der Waals surface area contributed by atoms with Crippen molar-refractivity contribution in [2.75, 3.05) is 4.31 Å². The summed E-state index contributed by atoms with van der Waals surface area (Å²) in [6.07, 6.45) is 0. The van der Waals surface area contributed by atoms with E-state index in [0.717, 1.165) is 21.0 Å². The number of anilines is 1. The molecule has 0 aliphatic heterocycles. The van der Waals surface area contributed by atoms with Crippen LogP contribution in [0.4, 0.5) is 5.69 Å². The summed E-state index contributed by atoms with van der Waals surface area (Å²) in [5, 5.41) is -0.441. The maximum atomic E-state index is 13.3. The molecule has 0 radical (unpaired) electrons. The number of nitrogens with zero attached hydrogens (tertiary/aromatic N) is 1. The van der Waals surface area contributed by atoms with Gasteiger partial charge in [-0.15, -0.1) is 0 Å². The van der Waals surface area contributed by atoms with Crippen LogP contribution in [0.2, 0.25) is 10.0 Å². The number of halogens is 3. The third kappa shape index (κ3) is 4.01. The molecule has 0 amide bonds. The first-order valence-electron chi connectivity index (χ1n) is 7.73. The van der Waals surface area contributed by atoms with Crippen LogP contribution in [0, 0.1) is 20.8 Å².